The Hall–Kier alpha value is -3.17. The molecule has 4 heterocycles. The number of hydrogen-bond acceptors (Lipinski definition) is 5. The Balaban J connectivity index is 1.63. The molecule has 7 nitrogen and oxygen atoms in total. The van der Waals surface area contributed by atoms with Gasteiger partial charge in [0.15, 0.2) is 0 Å². The Morgan fingerprint density at radius 3 is 2.68 bits per heavy atom. The normalized spacial score (nSPS) is 17.1. The molecule has 1 aliphatic heterocycles. The van der Waals surface area contributed by atoms with Gasteiger partial charge in [0.1, 0.15) is 0 Å². The first-order valence-electron chi connectivity index (χ1n) is 9.92. The smallest absolute Gasteiger partial charge is 0.351 e. The van der Waals surface area contributed by atoms with Gasteiger partial charge in [-0.05, 0) is 31.4 Å². The molecule has 0 saturated carbocycles. The van der Waals surface area contributed by atoms with Crippen molar-refractivity contribution in [1.82, 2.24) is 20.0 Å². The Kier molecular flexibility index (Phi) is 5.10. The first-order valence-corrected chi connectivity index (χ1v) is 9.92. The van der Waals surface area contributed by atoms with E-state index in [4.69, 9.17) is 4.52 Å². The van der Waals surface area contributed by atoms with Crippen LogP contribution in [0.2, 0.25) is 0 Å². The number of pyridine rings is 2. The van der Waals surface area contributed by atoms with Crippen molar-refractivity contribution < 1.29 is 22.5 Å². The van der Waals surface area contributed by atoms with Gasteiger partial charge in [-0.15, -0.1) is 0 Å². The first kappa shape index (κ1) is 21.1. The number of nitrogens with zero attached hydrogens (tertiary/aromatic N) is 3. The number of alkyl halides is 3. The Labute approximate surface area is 175 Å². The Morgan fingerprint density at radius 2 is 2.03 bits per heavy atom. The molecule has 4 rings (SSSR count). The number of carbonyl (C=O) groups is 1. The monoisotopic (exact) mass is 434 g/mol. The van der Waals surface area contributed by atoms with Crippen LogP contribution in [0.4, 0.5) is 13.2 Å². The van der Waals surface area contributed by atoms with Crippen LogP contribution < -0.4 is 5.56 Å². The molecule has 1 unspecified atom stereocenters. The minimum absolute atomic E-state index is 0.00680. The Morgan fingerprint density at radius 1 is 1.29 bits per heavy atom. The second-order valence-corrected chi connectivity index (χ2v) is 8.13. The third-order valence-corrected chi connectivity index (χ3v) is 5.50. The van der Waals surface area contributed by atoms with E-state index in [-0.39, 0.29) is 34.7 Å². The zero-order valence-electron chi connectivity index (χ0n) is 17.2. The average Bonchev–Trinajstić information content (AvgIpc) is 3.36. The molecule has 31 heavy (non-hydrogen) atoms. The zero-order chi connectivity index (χ0) is 22.5. The highest BCUT2D eigenvalue weighted by Crippen LogP contribution is 2.34. The molecule has 10 heteroatoms. The summed E-state index contributed by atoms with van der Waals surface area (Å²) in [6, 6.07) is 3.96. The van der Waals surface area contributed by atoms with E-state index in [0.717, 1.165) is 6.07 Å². The van der Waals surface area contributed by atoms with Crippen molar-refractivity contribution in [2.24, 2.45) is 0 Å². The number of likely N-dealkylation sites (tertiary alicyclic amines) is 1. The summed E-state index contributed by atoms with van der Waals surface area (Å²) < 4.78 is 45.3. The van der Waals surface area contributed by atoms with E-state index in [0.29, 0.717) is 30.9 Å². The molecule has 0 aliphatic carbocycles. The summed E-state index contributed by atoms with van der Waals surface area (Å²) in [6.07, 6.45) is -4.11. The van der Waals surface area contributed by atoms with Gasteiger partial charge in [-0.25, -0.2) is 0 Å². The van der Waals surface area contributed by atoms with Gasteiger partial charge < -0.3 is 14.4 Å². The van der Waals surface area contributed by atoms with E-state index >= 15 is 0 Å². The Bertz CT molecular complexity index is 1210. The number of aromatic amines is 1. The molecule has 0 spiro atoms. The van der Waals surface area contributed by atoms with Crippen LogP contribution in [-0.4, -0.2) is 39.0 Å². The number of nitrogens with one attached hydrogen (secondary N) is 1. The average molecular weight is 434 g/mol. The highest BCUT2D eigenvalue weighted by Gasteiger charge is 2.35. The van der Waals surface area contributed by atoms with Crippen molar-refractivity contribution in [3.8, 4) is 0 Å². The lowest BCUT2D eigenvalue weighted by Crippen LogP contribution is -2.28. The van der Waals surface area contributed by atoms with Crippen molar-refractivity contribution in [3.63, 3.8) is 0 Å². The quantitative estimate of drug-likeness (QED) is 0.673. The summed E-state index contributed by atoms with van der Waals surface area (Å²) in [7, 11) is 0. The topological polar surface area (TPSA) is 92.1 Å². The number of carbonyl (C=O) groups excluding carboxylic acids is 1. The van der Waals surface area contributed by atoms with Gasteiger partial charge in [0.25, 0.3) is 11.5 Å². The van der Waals surface area contributed by atoms with Gasteiger partial charge >= 0.3 is 6.18 Å². The van der Waals surface area contributed by atoms with E-state index in [1.165, 1.54) is 13.0 Å². The zero-order valence-corrected chi connectivity index (χ0v) is 17.2. The molecule has 1 saturated heterocycles. The minimum Gasteiger partial charge on any atom is -0.351 e. The number of amides is 1. The van der Waals surface area contributed by atoms with Crippen molar-refractivity contribution in [2.45, 2.75) is 45.2 Å². The molecule has 3 aromatic rings. The molecule has 1 N–H and O–H groups in total. The minimum atomic E-state index is -4.66. The highest BCUT2D eigenvalue weighted by atomic mass is 19.4. The van der Waals surface area contributed by atoms with Gasteiger partial charge in [-0.2, -0.15) is 13.2 Å². The van der Waals surface area contributed by atoms with Gasteiger partial charge in [0.2, 0.25) is 5.76 Å². The lowest BCUT2D eigenvalue weighted by Gasteiger charge is -2.16. The molecule has 0 radical (unpaired) electrons. The second kappa shape index (κ2) is 7.51. The SMILES string of the molecule is Cc1cc(C(F)(F)F)c2c(=O)[nH]c(C3CCN(C(=O)c4cc(C(C)C)no4)C3)cc2n1. The predicted octanol–water partition coefficient (Wildman–Crippen LogP) is 3.99. The van der Waals surface area contributed by atoms with Crippen LogP contribution in [0.3, 0.4) is 0 Å². The maximum Gasteiger partial charge on any atom is 0.417 e. The summed E-state index contributed by atoms with van der Waals surface area (Å²) in [5.74, 6) is -0.274. The lowest BCUT2D eigenvalue weighted by atomic mass is 10.0. The van der Waals surface area contributed by atoms with Gasteiger partial charge in [-0.3, -0.25) is 14.6 Å². The van der Waals surface area contributed by atoms with Crippen molar-refractivity contribution in [2.75, 3.05) is 13.1 Å². The lowest BCUT2D eigenvalue weighted by molar-refractivity contribution is -0.136. The second-order valence-electron chi connectivity index (χ2n) is 8.13. The number of halogens is 3. The van der Waals surface area contributed by atoms with Gasteiger partial charge in [-0.1, -0.05) is 19.0 Å². The fourth-order valence-electron chi connectivity index (χ4n) is 3.88. The van der Waals surface area contributed by atoms with Crippen molar-refractivity contribution in [1.29, 1.82) is 0 Å². The number of hydrogen-bond donors (Lipinski definition) is 1. The fourth-order valence-corrected chi connectivity index (χ4v) is 3.88. The van der Waals surface area contributed by atoms with Crippen LogP contribution in [0.25, 0.3) is 10.9 Å². The molecule has 1 atom stereocenters. The van der Waals surface area contributed by atoms with Crippen molar-refractivity contribution in [3.05, 3.63) is 57.0 Å². The fraction of sp³-hybridized carbons (Fsp3) is 0.429. The van der Waals surface area contributed by atoms with Gasteiger partial charge in [0.05, 0.1) is 22.2 Å². The first-order chi connectivity index (χ1) is 14.5. The molecule has 1 aliphatic rings. The van der Waals surface area contributed by atoms with Crippen LogP contribution in [0, 0.1) is 6.92 Å². The number of H-pyrrole nitrogens is 1. The maximum atomic E-state index is 13.4. The van der Waals surface area contributed by atoms with E-state index in [1.807, 2.05) is 13.8 Å². The van der Waals surface area contributed by atoms with Crippen LogP contribution in [-0.2, 0) is 6.18 Å². The largest absolute Gasteiger partial charge is 0.417 e. The highest BCUT2D eigenvalue weighted by molar-refractivity contribution is 5.91. The molecule has 1 amide bonds. The summed E-state index contributed by atoms with van der Waals surface area (Å²) >= 11 is 0. The van der Waals surface area contributed by atoms with E-state index < -0.39 is 22.7 Å². The predicted molar refractivity (Wildman–Crippen MR) is 106 cm³/mol. The van der Waals surface area contributed by atoms with E-state index in [2.05, 4.69) is 15.1 Å². The van der Waals surface area contributed by atoms with Crippen LogP contribution in [0.1, 0.15) is 65.3 Å². The number of rotatable bonds is 3. The molecule has 164 valence electrons. The summed E-state index contributed by atoms with van der Waals surface area (Å²) in [5.41, 5.74) is -0.538. The summed E-state index contributed by atoms with van der Waals surface area (Å²) in [6.45, 7) is 6.06. The maximum absolute atomic E-state index is 13.4. The van der Waals surface area contributed by atoms with Crippen molar-refractivity contribution >= 4 is 16.8 Å². The van der Waals surface area contributed by atoms with Crippen LogP contribution in [0.5, 0.6) is 0 Å². The molecule has 0 bridgehead atoms. The van der Waals surface area contributed by atoms with Crippen LogP contribution in [0.15, 0.2) is 27.5 Å². The number of aromatic nitrogens is 3. The third-order valence-electron chi connectivity index (χ3n) is 5.50. The number of fused-ring (bicyclic) bond motifs is 1. The molecule has 1 fully saturated rings. The number of aryl methyl sites for hydroxylation is 1. The molecular weight excluding hydrogens is 413 g/mol. The van der Waals surface area contributed by atoms with E-state index in [9.17, 15) is 22.8 Å². The standard InChI is InChI=1S/C21H21F3N4O3/c1-10(2)14-8-17(31-27-14)20(30)28-5-4-12(9-28)15-7-16-18(19(29)26-15)13(21(22,23)24)6-11(3)25-16/h6-8,10,12H,4-5,9H2,1-3H3,(H,26,29). The third kappa shape index (κ3) is 3.94. The molecule has 3 aromatic heterocycles. The molecule has 0 aromatic carbocycles. The van der Waals surface area contributed by atoms with Gasteiger partial charge in [0, 0.05) is 36.5 Å². The van der Waals surface area contributed by atoms with E-state index in [1.54, 1.807) is 11.0 Å². The summed E-state index contributed by atoms with van der Waals surface area (Å²) in [4.78, 5) is 33.6. The van der Waals surface area contributed by atoms with Crippen LogP contribution >= 0.6 is 0 Å². The molecular formula is C21H21F3N4O3. The summed E-state index contributed by atoms with van der Waals surface area (Å²) in [5, 5.41) is 3.42.